The molecule has 19 valence electrons. The first-order valence-electron chi connectivity index (χ1n) is 0. The van der Waals surface area contributed by atoms with Crippen LogP contribution in [0, 0.1) is 0 Å². The van der Waals surface area contributed by atoms with Gasteiger partial charge in [-0.25, -0.2) is 0 Å². The molecule has 0 N–H and O–H groups in total. The zero-order valence-corrected chi connectivity index (χ0v) is 12.1. The van der Waals surface area contributed by atoms with E-state index in [1.165, 1.54) is 0 Å². The molecule has 0 unspecified atom stereocenters. The molecular weight excluding hydrogens is 263 g/mol. The Bertz CT molecular complexity index is 13.5. The molecule has 0 aliphatic rings. The summed E-state index contributed by atoms with van der Waals surface area (Å²) < 4.78 is 0. The van der Waals surface area contributed by atoms with E-state index in [-0.39, 0.29) is 86.4 Å². The fraction of sp³-hybridized carbons (Fsp3) is 0. The molecule has 0 heterocycles. The topological polar surface area (TPSA) is 0 Å². The summed E-state index contributed by atoms with van der Waals surface area (Å²) in [6.07, 6.45) is 0. The Labute approximate surface area is 85.2 Å². The van der Waals surface area contributed by atoms with Gasteiger partial charge in [-0.15, -0.1) is 0 Å². The van der Waals surface area contributed by atoms with Gasteiger partial charge in [-0.1, -0.05) is 0 Å². The monoisotopic (exact) mass is 267 g/mol. The SMILES string of the molecule is [H-].[H-].[Mg+2].[Mn].[SnH2].[Zn]. The largest absolute Gasteiger partial charge is 0 e. The minimum absolute atomic E-state index is 0. The summed E-state index contributed by atoms with van der Waals surface area (Å²) in [6, 6.07) is 0. The van der Waals surface area contributed by atoms with E-state index in [1.54, 1.807) is 0 Å². The predicted molar refractivity (Wildman–Crippen MR) is 16.5 cm³/mol. The van der Waals surface area contributed by atoms with Crippen LogP contribution in [0.15, 0.2) is 0 Å². The first-order chi connectivity index (χ1) is 0. The van der Waals surface area contributed by atoms with E-state index in [2.05, 4.69) is 0 Å². The van der Waals surface area contributed by atoms with Crippen LogP contribution in [0.25, 0.3) is 0 Å². The summed E-state index contributed by atoms with van der Waals surface area (Å²) in [6.45, 7) is 0. The van der Waals surface area contributed by atoms with Crippen LogP contribution in [-0.2, 0) is 36.5 Å². The van der Waals surface area contributed by atoms with Crippen LogP contribution >= 0.6 is 0 Å². The molecule has 4 heteroatoms. The van der Waals surface area contributed by atoms with Gasteiger partial charge in [0, 0.05) is 36.5 Å². The maximum Gasteiger partial charge on any atom is 0 e. The van der Waals surface area contributed by atoms with Crippen LogP contribution in [0.2, 0.25) is 0 Å². The average molecular weight is 267 g/mol. The summed E-state index contributed by atoms with van der Waals surface area (Å²) in [4.78, 5) is 0. The van der Waals surface area contributed by atoms with Crippen molar-refractivity contribution in [3.05, 3.63) is 0 Å². The first kappa shape index (κ1) is 29.8. The van der Waals surface area contributed by atoms with Gasteiger partial charge >= 0.3 is 47.0 Å². The van der Waals surface area contributed by atoms with E-state index in [4.69, 9.17) is 0 Å². The third-order valence-corrected chi connectivity index (χ3v) is 0. The van der Waals surface area contributed by atoms with Gasteiger partial charge in [0.25, 0.3) is 0 Å². The van der Waals surface area contributed by atoms with Gasteiger partial charge in [0.1, 0.15) is 0 Å². The molecule has 0 bridgehead atoms. The van der Waals surface area contributed by atoms with E-state index in [1.807, 2.05) is 0 Å². The van der Waals surface area contributed by atoms with Crippen molar-refractivity contribution in [2.24, 2.45) is 0 Å². The summed E-state index contributed by atoms with van der Waals surface area (Å²) in [7, 11) is 0. The van der Waals surface area contributed by atoms with E-state index in [0.29, 0.717) is 0 Å². The average Bonchev–Trinajstić information content (AvgIpc) is 0. The molecule has 0 aliphatic heterocycles. The van der Waals surface area contributed by atoms with Gasteiger partial charge in [-0.2, -0.15) is 0 Å². The van der Waals surface area contributed by atoms with Crippen molar-refractivity contribution in [3.8, 4) is 0 Å². The van der Waals surface area contributed by atoms with E-state index in [9.17, 15) is 0 Å². The molecule has 0 aliphatic carbocycles. The van der Waals surface area contributed by atoms with Gasteiger partial charge in [-0.05, 0) is 0 Å². The Morgan fingerprint density at radius 1 is 1.25 bits per heavy atom. The molecule has 0 amide bonds. The van der Waals surface area contributed by atoms with Gasteiger partial charge < -0.3 is 2.85 Å². The molecular formula is H4MgMnSnZn. The summed E-state index contributed by atoms with van der Waals surface area (Å²) in [5.41, 5.74) is 0. The van der Waals surface area contributed by atoms with Crippen LogP contribution in [0.4, 0.5) is 0 Å². The molecule has 4 heavy (non-hydrogen) atoms. The van der Waals surface area contributed by atoms with Crippen molar-refractivity contribution in [1.82, 2.24) is 0 Å². The molecule has 3 radical (unpaired) electrons. The molecule has 0 aromatic carbocycles. The summed E-state index contributed by atoms with van der Waals surface area (Å²) in [5.74, 6) is 0. The molecule has 0 aromatic heterocycles. The Kier molecular flexibility index (Phi) is 129. The van der Waals surface area contributed by atoms with E-state index >= 15 is 0 Å². The molecule has 0 fully saturated rings. The van der Waals surface area contributed by atoms with Crippen molar-refractivity contribution in [3.63, 3.8) is 0 Å². The van der Waals surface area contributed by atoms with Crippen LogP contribution in [0.1, 0.15) is 2.85 Å². The minimum atomic E-state index is 0. The second kappa shape index (κ2) is 17.3. The third kappa shape index (κ3) is 8.83. The summed E-state index contributed by atoms with van der Waals surface area (Å²) in [5, 5.41) is 0. The Morgan fingerprint density at radius 3 is 1.25 bits per heavy atom. The van der Waals surface area contributed by atoms with Crippen LogP contribution in [0.3, 0.4) is 0 Å². The van der Waals surface area contributed by atoms with Crippen molar-refractivity contribution in [2.45, 2.75) is 0 Å². The van der Waals surface area contributed by atoms with Crippen LogP contribution in [0.5, 0.6) is 0 Å². The molecule has 0 saturated heterocycles. The van der Waals surface area contributed by atoms with Crippen molar-refractivity contribution >= 4 is 47.0 Å². The molecule has 0 rings (SSSR count). The summed E-state index contributed by atoms with van der Waals surface area (Å²) >= 11 is 0. The smallest absolute Gasteiger partial charge is 0 e. The minimum Gasteiger partial charge on any atom is 0 e. The first-order valence-corrected chi connectivity index (χ1v) is 0. The second-order valence-electron chi connectivity index (χ2n) is 0. The molecule has 0 aromatic rings. The molecule has 0 atom stereocenters. The Hall–Kier alpha value is 2.71. The Morgan fingerprint density at radius 2 is 1.25 bits per heavy atom. The van der Waals surface area contributed by atoms with Crippen molar-refractivity contribution in [2.75, 3.05) is 0 Å². The maximum atomic E-state index is 0. The number of rotatable bonds is 0. The van der Waals surface area contributed by atoms with Gasteiger partial charge in [0.05, 0.1) is 0 Å². The Balaban J connectivity index is 0. The van der Waals surface area contributed by atoms with Gasteiger partial charge in [-0.3, -0.25) is 0 Å². The predicted octanol–water partition coefficient (Wildman–Crippen LogP) is -1.08. The standard InChI is InChI=1S/Mg.Mn.Sn.Zn.4H/q+2;;;;;;2*-1. The quantitative estimate of drug-likeness (QED) is 0.490. The van der Waals surface area contributed by atoms with Crippen molar-refractivity contribution < 1.29 is 39.4 Å². The fourth-order valence-electron chi connectivity index (χ4n) is 0. The normalized spacial score (nSPS) is 0. The molecule has 0 nitrogen and oxygen atoms in total. The molecule has 0 saturated carbocycles. The van der Waals surface area contributed by atoms with E-state index < -0.39 is 0 Å². The number of hydrogen-bond donors (Lipinski definition) is 0. The van der Waals surface area contributed by atoms with Crippen molar-refractivity contribution in [1.29, 1.82) is 0 Å². The zero-order valence-electron chi connectivity index (χ0n) is 4.50. The zero-order chi connectivity index (χ0) is 0. The van der Waals surface area contributed by atoms with Gasteiger partial charge in [0.15, 0.2) is 0 Å². The van der Waals surface area contributed by atoms with Crippen LogP contribution in [-0.4, -0.2) is 47.0 Å². The van der Waals surface area contributed by atoms with Crippen LogP contribution < -0.4 is 0 Å². The van der Waals surface area contributed by atoms with E-state index in [0.717, 1.165) is 0 Å². The number of hydrogen-bond acceptors (Lipinski definition) is 0. The third-order valence-electron chi connectivity index (χ3n) is 0. The fourth-order valence-corrected chi connectivity index (χ4v) is 0. The maximum absolute atomic E-state index is 0. The second-order valence-corrected chi connectivity index (χ2v) is 0. The molecule has 0 spiro atoms. The van der Waals surface area contributed by atoms with Gasteiger partial charge in [0.2, 0.25) is 0 Å².